The van der Waals surface area contributed by atoms with E-state index in [1.165, 1.54) is 0 Å². The van der Waals surface area contributed by atoms with Gasteiger partial charge in [0.05, 0.1) is 6.61 Å². The number of azide groups is 1. The Morgan fingerprint density at radius 1 is 1.14 bits per heavy atom. The molecule has 1 saturated heterocycles. The summed E-state index contributed by atoms with van der Waals surface area (Å²) < 4.78 is 0. The Labute approximate surface area is 83.7 Å². The summed E-state index contributed by atoms with van der Waals surface area (Å²) in [5, 5.41) is 12.3. The van der Waals surface area contributed by atoms with Crippen LogP contribution >= 0.6 is 0 Å². The molecule has 80 valence electrons. The Kier molecular flexibility index (Phi) is 5.32. The Balaban J connectivity index is 2.12. The van der Waals surface area contributed by atoms with Crippen LogP contribution in [0.1, 0.15) is 0 Å². The number of β-amino-alcohol motifs (C(OH)–C–C–N with tert-alkyl or cyclic N) is 1. The van der Waals surface area contributed by atoms with Crippen LogP contribution in [0.3, 0.4) is 0 Å². The fourth-order valence-electron chi connectivity index (χ4n) is 1.61. The van der Waals surface area contributed by atoms with Gasteiger partial charge in [0.2, 0.25) is 0 Å². The third kappa shape index (κ3) is 3.93. The minimum absolute atomic E-state index is 0.235. The lowest BCUT2D eigenvalue weighted by atomic mass is 10.3. The van der Waals surface area contributed by atoms with E-state index >= 15 is 0 Å². The van der Waals surface area contributed by atoms with Crippen molar-refractivity contribution >= 4 is 0 Å². The largest absolute Gasteiger partial charge is 0.395 e. The lowest BCUT2D eigenvalue weighted by Gasteiger charge is -2.33. The van der Waals surface area contributed by atoms with Crippen LogP contribution in [0.25, 0.3) is 10.4 Å². The number of hydrogen-bond acceptors (Lipinski definition) is 4. The van der Waals surface area contributed by atoms with Crippen LogP contribution in [-0.4, -0.2) is 67.3 Å². The van der Waals surface area contributed by atoms with Crippen molar-refractivity contribution in [3.05, 3.63) is 10.4 Å². The van der Waals surface area contributed by atoms with Crippen molar-refractivity contribution in [3.8, 4) is 0 Å². The second-order valence-corrected chi connectivity index (χ2v) is 3.36. The van der Waals surface area contributed by atoms with Crippen LogP contribution in [0.15, 0.2) is 5.11 Å². The van der Waals surface area contributed by atoms with E-state index in [4.69, 9.17) is 10.6 Å². The zero-order chi connectivity index (χ0) is 10.2. The van der Waals surface area contributed by atoms with E-state index in [-0.39, 0.29) is 6.61 Å². The molecule has 1 aliphatic heterocycles. The average molecular weight is 199 g/mol. The van der Waals surface area contributed by atoms with Gasteiger partial charge in [0.25, 0.3) is 0 Å². The Morgan fingerprint density at radius 2 is 1.71 bits per heavy atom. The molecule has 0 amide bonds. The SMILES string of the molecule is [N-]=[N+]=NCCN1CCN(CCO)CC1. The highest BCUT2D eigenvalue weighted by Gasteiger charge is 2.14. The maximum atomic E-state index is 8.75. The zero-order valence-electron chi connectivity index (χ0n) is 8.34. The van der Waals surface area contributed by atoms with Crippen molar-refractivity contribution in [2.45, 2.75) is 0 Å². The zero-order valence-corrected chi connectivity index (χ0v) is 8.34. The van der Waals surface area contributed by atoms with Gasteiger partial charge in [0.1, 0.15) is 0 Å². The van der Waals surface area contributed by atoms with Gasteiger partial charge in [-0.3, -0.25) is 4.90 Å². The maximum absolute atomic E-state index is 8.75. The lowest BCUT2D eigenvalue weighted by Crippen LogP contribution is -2.47. The van der Waals surface area contributed by atoms with Crippen molar-refractivity contribution in [2.24, 2.45) is 5.11 Å². The fraction of sp³-hybridized carbons (Fsp3) is 1.00. The van der Waals surface area contributed by atoms with Crippen molar-refractivity contribution < 1.29 is 5.11 Å². The summed E-state index contributed by atoms with van der Waals surface area (Å²) in [5.41, 5.74) is 8.11. The van der Waals surface area contributed by atoms with Crippen LogP contribution < -0.4 is 0 Å². The summed E-state index contributed by atoms with van der Waals surface area (Å²) in [4.78, 5) is 7.24. The molecule has 0 spiro atoms. The Morgan fingerprint density at radius 3 is 2.21 bits per heavy atom. The first-order valence-corrected chi connectivity index (χ1v) is 4.93. The molecule has 1 N–H and O–H groups in total. The molecule has 0 aliphatic carbocycles. The van der Waals surface area contributed by atoms with E-state index < -0.39 is 0 Å². The third-order valence-corrected chi connectivity index (χ3v) is 2.46. The molecule has 1 heterocycles. The Hall–Kier alpha value is -0.810. The number of hydrogen-bond donors (Lipinski definition) is 1. The molecular weight excluding hydrogens is 182 g/mol. The van der Waals surface area contributed by atoms with Gasteiger partial charge in [-0.15, -0.1) is 0 Å². The minimum Gasteiger partial charge on any atom is -0.395 e. The number of rotatable bonds is 5. The first-order valence-electron chi connectivity index (χ1n) is 4.93. The van der Waals surface area contributed by atoms with Crippen LogP contribution in [0, 0.1) is 0 Å². The summed E-state index contributed by atoms with van der Waals surface area (Å²) in [6.07, 6.45) is 0. The molecule has 0 saturated carbocycles. The highest BCUT2D eigenvalue weighted by molar-refractivity contribution is 4.72. The van der Waals surface area contributed by atoms with Crippen LogP contribution in [-0.2, 0) is 0 Å². The predicted octanol–water partition coefficient (Wildman–Crippen LogP) is -0.0934. The highest BCUT2D eigenvalue weighted by Crippen LogP contribution is 2.00. The summed E-state index contributed by atoms with van der Waals surface area (Å²) in [6.45, 7) is 6.39. The molecule has 1 rings (SSSR count). The molecule has 1 fully saturated rings. The van der Waals surface area contributed by atoms with Gasteiger partial charge >= 0.3 is 0 Å². The topological polar surface area (TPSA) is 75.5 Å². The molecule has 6 heteroatoms. The predicted molar refractivity (Wildman–Crippen MR) is 54.0 cm³/mol. The first kappa shape index (κ1) is 11.3. The van der Waals surface area contributed by atoms with Crippen molar-refractivity contribution in [1.82, 2.24) is 9.80 Å². The second kappa shape index (κ2) is 6.62. The molecule has 14 heavy (non-hydrogen) atoms. The van der Waals surface area contributed by atoms with Gasteiger partial charge in [-0.1, -0.05) is 5.11 Å². The van der Waals surface area contributed by atoms with Gasteiger partial charge in [-0.05, 0) is 5.53 Å². The van der Waals surface area contributed by atoms with Gasteiger partial charge in [0.15, 0.2) is 0 Å². The van der Waals surface area contributed by atoms with E-state index in [1.54, 1.807) is 0 Å². The number of nitrogens with zero attached hydrogens (tertiary/aromatic N) is 5. The highest BCUT2D eigenvalue weighted by atomic mass is 16.3. The van der Waals surface area contributed by atoms with E-state index in [0.29, 0.717) is 6.54 Å². The lowest BCUT2D eigenvalue weighted by molar-refractivity contribution is 0.114. The van der Waals surface area contributed by atoms with Crippen molar-refractivity contribution in [3.63, 3.8) is 0 Å². The molecule has 0 unspecified atom stereocenters. The van der Waals surface area contributed by atoms with Crippen LogP contribution in [0.4, 0.5) is 0 Å². The van der Waals surface area contributed by atoms with Gasteiger partial charge in [-0.2, -0.15) is 0 Å². The van der Waals surface area contributed by atoms with Crippen LogP contribution in [0.5, 0.6) is 0 Å². The van der Waals surface area contributed by atoms with Gasteiger partial charge in [-0.25, -0.2) is 0 Å². The Bertz CT molecular complexity index is 196. The molecular formula is C8H17N5O. The minimum atomic E-state index is 0.235. The van der Waals surface area contributed by atoms with Crippen molar-refractivity contribution in [2.75, 3.05) is 52.4 Å². The number of aliphatic hydroxyl groups excluding tert-OH is 1. The summed E-state index contributed by atoms with van der Waals surface area (Å²) in [6, 6.07) is 0. The molecule has 0 aromatic rings. The fourth-order valence-corrected chi connectivity index (χ4v) is 1.61. The van der Waals surface area contributed by atoms with E-state index in [2.05, 4.69) is 19.8 Å². The third-order valence-electron chi connectivity index (χ3n) is 2.46. The maximum Gasteiger partial charge on any atom is 0.0558 e. The van der Waals surface area contributed by atoms with Gasteiger partial charge in [0, 0.05) is 50.7 Å². The standard InChI is InChI=1S/C8H17N5O/c9-11-10-1-2-12-3-5-13(6-4-12)7-8-14/h14H,1-8H2. The molecule has 6 nitrogen and oxygen atoms in total. The molecule has 1 aliphatic rings. The summed E-state index contributed by atoms with van der Waals surface area (Å²) in [7, 11) is 0. The molecule has 0 radical (unpaired) electrons. The summed E-state index contributed by atoms with van der Waals surface area (Å²) in [5.74, 6) is 0. The number of piperazine rings is 1. The second-order valence-electron chi connectivity index (χ2n) is 3.36. The molecule has 0 aromatic heterocycles. The van der Waals surface area contributed by atoms with E-state index in [1.807, 2.05) is 0 Å². The molecule has 0 bridgehead atoms. The van der Waals surface area contributed by atoms with Crippen LogP contribution in [0.2, 0.25) is 0 Å². The number of aliphatic hydroxyl groups is 1. The quantitative estimate of drug-likeness (QED) is 0.382. The van der Waals surface area contributed by atoms with E-state index in [9.17, 15) is 0 Å². The molecule has 0 atom stereocenters. The monoisotopic (exact) mass is 199 g/mol. The smallest absolute Gasteiger partial charge is 0.0558 e. The summed E-state index contributed by atoms with van der Waals surface area (Å²) >= 11 is 0. The van der Waals surface area contributed by atoms with Gasteiger partial charge < -0.3 is 10.0 Å². The van der Waals surface area contributed by atoms with Crippen molar-refractivity contribution in [1.29, 1.82) is 0 Å². The van der Waals surface area contributed by atoms with E-state index in [0.717, 1.165) is 39.3 Å². The first-order chi connectivity index (χ1) is 6.86. The average Bonchev–Trinajstić information content (AvgIpc) is 2.21. The molecule has 0 aromatic carbocycles. The normalized spacial score (nSPS) is 19.2.